The first kappa shape index (κ1) is 26.2. The quantitative estimate of drug-likeness (QED) is 0.193. The third kappa shape index (κ3) is 5.95. The van der Waals surface area contributed by atoms with Gasteiger partial charge >= 0.3 is 5.97 Å². The minimum atomic E-state index is -1.02. The molecule has 1 N–H and O–H groups in total. The molecular weight excluding hydrogens is 532 g/mol. The largest absolute Gasteiger partial charge is 0.486 e. The Morgan fingerprint density at radius 2 is 1.54 bits per heavy atom. The number of carbonyl (C=O) groups is 1. The minimum absolute atomic E-state index is 0.287. The van der Waals surface area contributed by atoms with Crippen LogP contribution < -0.4 is 9.47 Å². The molecule has 4 aromatic carbocycles. The lowest BCUT2D eigenvalue weighted by Crippen LogP contribution is -2.10. The number of pyridine rings is 1. The van der Waals surface area contributed by atoms with Crippen molar-refractivity contribution in [3.05, 3.63) is 120 Å². The van der Waals surface area contributed by atoms with Gasteiger partial charge in [0.25, 0.3) is 0 Å². The molecule has 0 aliphatic heterocycles. The van der Waals surface area contributed by atoms with E-state index in [-0.39, 0.29) is 13.2 Å². The van der Waals surface area contributed by atoms with Gasteiger partial charge in [0, 0.05) is 17.1 Å². The summed E-state index contributed by atoms with van der Waals surface area (Å²) in [7, 11) is 0. The zero-order valence-corrected chi connectivity index (χ0v) is 23.1. The number of benzene rings is 4. The smallest absolute Gasteiger partial charge is 0.341 e. The highest BCUT2D eigenvalue weighted by molar-refractivity contribution is 7.15. The van der Waals surface area contributed by atoms with Crippen LogP contribution >= 0.6 is 11.3 Å². The van der Waals surface area contributed by atoms with E-state index in [4.69, 9.17) is 19.6 Å². The molecule has 0 unspecified atom stereocenters. The third-order valence-corrected chi connectivity index (χ3v) is 7.73. The number of carboxylic acids is 1. The summed E-state index contributed by atoms with van der Waals surface area (Å²) in [4.78, 5) is 21.6. The third-order valence-electron chi connectivity index (χ3n) is 6.65. The lowest BCUT2D eigenvalue weighted by molar-refractivity contribution is -0.139. The first-order chi connectivity index (χ1) is 20.0. The molecule has 0 saturated heterocycles. The van der Waals surface area contributed by atoms with Crippen molar-refractivity contribution in [3.8, 4) is 44.3 Å². The first-order valence-electron chi connectivity index (χ1n) is 13.1. The van der Waals surface area contributed by atoms with Crippen molar-refractivity contribution in [3.63, 3.8) is 0 Å². The van der Waals surface area contributed by atoms with E-state index in [9.17, 15) is 4.79 Å². The second-order valence-corrected chi connectivity index (χ2v) is 10.6. The number of aliphatic carboxylic acids is 1. The van der Waals surface area contributed by atoms with E-state index in [0.29, 0.717) is 11.5 Å². The van der Waals surface area contributed by atoms with E-state index in [1.807, 2.05) is 55.6 Å². The fourth-order valence-corrected chi connectivity index (χ4v) is 5.63. The monoisotopic (exact) mass is 558 g/mol. The van der Waals surface area contributed by atoms with Gasteiger partial charge in [-0.2, -0.15) is 0 Å². The van der Waals surface area contributed by atoms with Crippen LogP contribution in [0.1, 0.15) is 10.6 Å². The fraction of sp³-hybridized carbons (Fsp3) is 0.0882. The number of carboxylic acid groups (broad SMARTS) is 1. The van der Waals surface area contributed by atoms with E-state index in [1.165, 1.54) is 5.56 Å². The van der Waals surface area contributed by atoms with Gasteiger partial charge in [0.1, 0.15) is 23.1 Å². The zero-order chi connectivity index (χ0) is 28.2. The molecule has 7 heteroatoms. The van der Waals surface area contributed by atoms with E-state index in [2.05, 4.69) is 53.5 Å². The van der Waals surface area contributed by atoms with Crippen LogP contribution in [0.3, 0.4) is 0 Å². The number of thiazole rings is 1. The molecule has 0 bridgehead atoms. The van der Waals surface area contributed by atoms with Crippen LogP contribution in [-0.2, 0) is 11.4 Å². The second kappa shape index (κ2) is 11.6. The molecule has 6 aromatic rings. The van der Waals surface area contributed by atoms with Crippen molar-refractivity contribution in [1.82, 2.24) is 9.97 Å². The molecule has 0 spiro atoms. The molecule has 202 valence electrons. The number of hydrogen-bond acceptors (Lipinski definition) is 6. The second-order valence-electron chi connectivity index (χ2n) is 9.54. The van der Waals surface area contributed by atoms with Crippen molar-refractivity contribution >= 4 is 28.2 Å². The van der Waals surface area contributed by atoms with Crippen LogP contribution in [0.5, 0.6) is 11.5 Å². The van der Waals surface area contributed by atoms with Crippen LogP contribution in [0.2, 0.25) is 0 Å². The molecular formula is C34H26N2O4S. The summed E-state index contributed by atoms with van der Waals surface area (Å²) in [6.45, 7) is 1.76. The summed E-state index contributed by atoms with van der Waals surface area (Å²) in [6.07, 6.45) is 1.88. The summed E-state index contributed by atoms with van der Waals surface area (Å²) in [5.41, 5.74) is 6.96. The van der Waals surface area contributed by atoms with Gasteiger partial charge < -0.3 is 14.6 Å². The van der Waals surface area contributed by atoms with Gasteiger partial charge in [0.05, 0.1) is 16.1 Å². The van der Waals surface area contributed by atoms with Gasteiger partial charge in [-0.1, -0.05) is 72.8 Å². The van der Waals surface area contributed by atoms with E-state index >= 15 is 0 Å². The predicted octanol–water partition coefficient (Wildman–Crippen LogP) is 8.04. The van der Waals surface area contributed by atoms with Crippen molar-refractivity contribution in [2.75, 3.05) is 6.61 Å². The number of rotatable bonds is 9. The molecule has 0 aliphatic rings. The molecule has 0 aliphatic carbocycles. The molecule has 2 heterocycles. The van der Waals surface area contributed by atoms with Crippen LogP contribution in [0.25, 0.3) is 43.7 Å². The van der Waals surface area contributed by atoms with Gasteiger partial charge in [-0.3, -0.25) is 4.98 Å². The van der Waals surface area contributed by atoms with Crippen LogP contribution in [-0.4, -0.2) is 27.7 Å². The number of para-hydroxylation sites is 1. The molecule has 0 saturated carbocycles. The number of hydrogen-bond donors (Lipinski definition) is 1. The Morgan fingerprint density at radius 3 is 2.32 bits per heavy atom. The SMILES string of the molecule is Cc1cc(OCc2nc(-c3cnc4ccccc4c3)c(-c3ccc(-c4ccccc4)cc3)s2)ccc1OCC(=O)O. The Labute approximate surface area is 241 Å². The Hall–Kier alpha value is -5.01. The Bertz CT molecular complexity index is 1830. The number of aromatic nitrogens is 2. The molecule has 41 heavy (non-hydrogen) atoms. The maximum absolute atomic E-state index is 10.8. The lowest BCUT2D eigenvalue weighted by atomic mass is 10.0. The summed E-state index contributed by atoms with van der Waals surface area (Å²) in [5.74, 6) is 0.154. The maximum Gasteiger partial charge on any atom is 0.341 e. The summed E-state index contributed by atoms with van der Waals surface area (Å²) < 4.78 is 11.4. The molecule has 0 radical (unpaired) electrons. The van der Waals surface area contributed by atoms with E-state index in [0.717, 1.165) is 48.7 Å². The predicted molar refractivity (Wildman–Crippen MR) is 162 cm³/mol. The molecule has 2 aromatic heterocycles. The van der Waals surface area contributed by atoms with E-state index in [1.54, 1.807) is 23.5 Å². The number of nitrogens with zero attached hydrogens (tertiary/aromatic N) is 2. The highest BCUT2D eigenvalue weighted by Crippen LogP contribution is 2.38. The van der Waals surface area contributed by atoms with Gasteiger partial charge in [-0.15, -0.1) is 11.3 Å². The van der Waals surface area contributed by atoms with Gasteiger partial charge in [-0.05, 0) is 59.5 Å². The Kier molecular flexibility index (Phi) is 7.43. The van der Waals surface area contributed by atoms with Gasteiger partial charge in [0.2, 0.25) is 0 Å². The topological polar surface area (TPSA) is 81.5 Å². The lowest BCUT2D eigenvalue weighted by Gasteiger charge is -2.09. The molecule has 0 amide bonds. The highest BCUT2D eigenvalue weighted by atomic mass is 32.1. The Balaban J connectivity index is 1.31. The average molecular weight is 559 g/mol. The molecule has 6 nitrogen and oxygen atoms in total. The van der Waals surface area contributed by atoms with Crippen molar-refractivity contribution in [2.45, 2.75) is 13.5 Å². The summed E-state index contributed by atoms with van der Waals surface area (Å²) in [5, 5.41) is 10.8. The average Bonchev–Trinajstić information content (AvgIpc) is 3.44. The molecule has 6 rings (SSSR count). The number of aryl methyl sites for hydroxylation is 1. The molecule has 0 fully saturated rings. The normalized spacial score (nSPS) is 11.0. The van der Waals surface area contributed by atoms with Crippen LogP contribution in [0, 0.1) is 6.92 Å². The standard InChI is InChI=1S/C34H26N2O4S/c1-22-17-28(15-16-30(22)40-21-32(37)38)39-20-31-36-33(27-18-26-9-5-6-10-29(26)35-19-27)34(41-31)25-13-11-24(12-14-25)23-7-3-2-4-8-23/h2-19H,20-21H2,1H3,(H,37,38). The van der Waals surface area contributed by atoms with Gasteiger partial charge in [0.15, 0.2) is 6.61 Å². The van der Waals surface area contributed by atoms with Crippen molar-refractivity contribution in [1.29, 1.82) is 0 Å². The molecule has 0 atom stereocenters. The van der Waals surface area contributed by atoms with Gasteiger partial charge in [-0.25, -0.2) is 9.78 Å². The van der Waals surface area contributed by atoms with Crippen molar-refractivity contribution in [2.24, 2.45) is 0 Å². The Morgan fingerprint density at radius 1 is 0.805 bits per heavy atom. The number of fused-ring (bicyclic) bond motifs is 1. The summed E-state index contributed by atoms with van der Waals surface area (Å²) in [6, 6.07) is 34.4. The summed E-state index contributed by atoms with van der Waals surface area (Å²) >= 11 is 1.60. The fourth-order valence-electron chi connectivity index (χ4n) is 4.62. The minimum Gasteiger partial charge on any atom is -0.486 e. The van der Waals surface area contributed by atoms with Crippen LogP contribution in [0.4, 0.5) is 0 Å². The van der Waals surface area contributed by atoms with Crippen LogP contribution in [0.15, 0.2) is 109 Å². The zero-order valence-electron chi connectivity index (χ0n) is 22.3. The maximum atomic E-state index is 10.8. The highest BCUT2D eigenvalue weighted by Gasteiger charge is 2.17. The van der Waals surface area contributed by atoms with Crippen molar-refractivity contribution < 1.29 is 19.4 Å². The number of ether oxygens (including phenoxy) is 2. The van der Waals surface area contributed by atoms with E-state index < -0.39 is 5.97 Å². The first-order valence-corrected chi connectivity index (χ1v) is 13.9.